The highest BCUT2D eigenvalue weighted by atomic mass is 32.2. The molecule has 1 amide bonds. The fourth-order valence-electron chi connectivity index (χ4n) is 1.44. The van der Waals surface area contributed by atoms with Crippen LogP contribution in [0.25, 0.3) is 0 Å². The molecule has 1 N–H and O–H groups in total. The molecule has 0 atom stereocenters. The van der Waals surface area contributed by atoms with Gasteiger partial charge < -0.3 is 9.47 Å². The summed E-state index contributed by atoms with van der Waals surface area (Å²) in [7, 11) is 1.48. The maximum atomic E-state index is 12.0. The molecule has 0 unspecified atom stereocenters. The Morgan fingerprint density at radius 1 is 1.39 bits per heavy atom. The van der Waals surface area contributed by atoms with Crippen molar-refractivity contribution in [2.75, 3.05) is 25.3 Å². The van der Waals surface area contributed by atoms with Crippen LogP contribution in [0.5, 0.6) is 0 Å². The zero-order chi connectivity index (χ0) is 17.6. The number of nitrogens with zero attached hydrogens (tertiary/aromatic N) is 3. The molecule has 1 aromatic rings. The number of hydrogen-bond acceptors (Lipinski definition) is 8. The Morgan fingerprint density at radius 2 is 2.04 bits per heavy atom. The molecule has 9 heteroatoms. The van der Waals surface area contributed by atoms with Crippen molar-refractivity contribution >= 4 is 29.6 Å². The molecule has 0 spiro atoms. The van der Waals surface area contributed by atoms with Crippen LogP contribution in [0.3, 0.4) is 0 Å². The Hall–Kier alpha value is -2.03. The number of amides is 1. The molecular weight excluding hydrogens is 320 g/mol. The third-order valence-electron chi connectivity index (χ3n) is 2.39. The molecule has 0 saturated heterocycles. The standard InChI is InChI=1S/C14H22N4O4S/c1-7-21-11(19)9-8-15-12(23-6)16-10(9)17-18(5)13(20)22-14(2,3)4/h8H,7H2,1-6H3,(H,15,16,17). The second-order valence-electron chi connectivity index (χ2n) is 5.49. The van der Waals surface area contributed by atoms with Crippen LogP contribution >= 0.6 is 11.8 Å². The van der Waals surface area contributed by atoms with E-state index in [1.165, 1.54) is 25.0 Å². The smallest absolute Gasteiger partial charge is 0.428 e. The SMILES string of the molecule is CCOC(=O)c1cnc(SC)nc1NN(C)C(=O)OC(C)(C)C. The zero-order valence-electron chi connectivity index (χ0n) is 14.2. The Labute approximate surface area is 139 Å². The van der Waals surface area contributed by atoms with Crippen molar-refractivity contribution in [3.63, 3.8) is 0 Å². The highest BCUT2D eigenvalue weighted by Gasteiger charge is 2.22. The molecule has 1 heterocycles. The van der Waals surface area contributed by atoms with Crippen molar-refractivity contribution in [2.24, 2.45) is 0 Å². The van der Waals surface area contributed by atoms with Crippen LogP contribution in [-0.4, -0.2) is 52.6 Å². The number of hydrogen-bond donors (Lipinski definition) is 1. The predicted molar refractivity (Wildman–Crippen MR) is 87.4 cm³/mol. The van der Waals surface area contributed by atoms with E-state index in [4.69, 9.17) is 9.47 Å². The van der Waals surface area contributed by atoms with E-state index in [0.29, 0.717) is 5.16 Å². The van der Waals surface area contributed by atoms with Crippen molar-refractivity contribution in [2.45, 2.75) is 38.5 Å². The van der Waals surface area contributed by atoms with E-state index >= 15 is 0 Å². The number of esters is 1. The van der Waals surface area contributed by atoms with Crippen LogP contribution < -0.4 is 5.43 Å². The molecule has 0 aliphatic rings. The zero-order valence-corrected chi connectivity index (χ0v) is 15.0. The molecule has 0 aromatic carbocycles. The molecule has 8 nitrogen and oxygen atoms in total. The van der Waals surface area contributed by atoms with E-state index < -0.39 is 17.7 Å². The van der Waals surface area contributed by atoms with E-state index in [-0.39, 0.29) is 18.0 Å². The number of hydrazine groups is 1. The molecule has 23 heavy (non-hydrogen) atoms. The Morgan fingerprint density at radius 3 is 2.57 bits per heavy atom. The summed E-state index contributed by atoms with van der Waals surface area (Å²) < 4.78 is 10.2. The molecule has 1 rings (SSSR count). The molecule has 0 fully saturated rings. The molecule has 0 radical (unpaired) electrons. The van der Waals surface area contributed by atoms with Gasteiger partial charge >= 0.3 is 12.1 Å². The van der Waals surface area contributed by atoms with E-state index in [1.54, 1.807) is 34.0 Å². The van der Waals surface area contributed by atoms with Crippen LogP contribution in [0.4, 0.5) is 10.6 Å². The van der Waals surface area contributed by atoms with Gasteiger partial charge in [-0.15, -0.1) is 0 Å². The van der Waals surface area contributed by atoms with Crippen LogP contribution in [0.15, 0.2) is 11.4 Å². The minimum atomic E-state index is -0.632. The van der Waals surface area contributed by atoms with Crippen molar-refractivity contribution in [3.05, 3.63) is 11.8 Å². The molecule has 0 aliphatic carbocycles. The minimum absolute atomic E-state index is 0.139. The summed E-state index contributed by atoms with van der Waals surface area (Å²) in [6.07, 6.45) is 2.57. The van der Waals surface area contributed by atoms with E-state index in [0.717, 1.165) is 5.01 Å². The maximum absolute atomic E-state index is 12.0. The first-order valence-electron chi connectivity index (χ1n) is 6.99. The molecule has 0 aliphatic heterocycles. The summed E-state index contributed by atoms with van der Waals surface area (Å²) in [6, 6.07) is 0. The van der Waals surface area contributed by atoms with Crippen LogP contribution in [0.1, 0.15) is 38.1 Å². The van der Waals surface area contributed by atoms with Crippen molar-refractivity contribution in [1.29, 1.82) is 0 Å². The molecule has 1 aromatic heterocycles. The van der Waals surface area contributed by atoms with E-state index in [2.05, 4.69) is 15.4 Å². The molecule has 0 saturated carbocycles. The quantitative estimate of drug-likeness (QED) is 0.378. The lowest BCUT2D eigenvalue weighted by atomic mass is 10.2. The Kier molecular flexibility index (Phi) is 6.62. The predicted octanol–water partition coefficient (Wildman–Crippen LogP) is 2.57. The Balaban J connectivity index is 3.00. The highest BCUT2D eigenvalue weighted by Crippen LogP contribution is 2.19. The summed E-state index contributed by atoms with van der Waals surface area (Å²) in [6.45, 7) is 7.22. The summed E-state index contributed by atoms with van der Waals surface area (Å²) >= 11 is 1.31. The number of nitrogens with one attached hydrogen (secondary N) is 1. The van der Waals surface area contributed by atoms with Crippen LogP contribution in [-0.2, 0) is 9.47 Å². The van der Waals surface area contributed by atoms with Gasteiger partial charge in [0.05, 0.1) is 6.61 Å². The summed E-state index contributed by atoms with van der Waals surface area (Å²) in [5.74, 6) is -0.392. The minimum Gasteiger partial charge on any atom is -0.462 e. The number of carbonyl (C=O) groups is 2. The van der Waals surface area contributed by atoms with Gasteiger partial charge in [0.15, 0.2) is 11.0 Å². The normalized spacial score (nSPS) is 10.9. The lowest BCUT2D eigenvalue weighted by molar-refractivity contribution is 0.0335. The second-order valence-corrected chi connectivity index (χ2v) is 6.26. The first kappa shape index (κ1) is 19.0. The number of thioether (sulfide) groups is 1. The lowest BCUT2D eigenvalue weighted by Gasteiger charge is -2.25. The van der Waals surface area contributed by atoms with E-state index in [1.807, 2.05) is 0 Å². The first-order chi connectivity index (χ1) is 10.7. The first-order valence-corrected chi connectivity index (χ1v) is 8.22. The van der Waals surface area contributed by atoms with Gasteiger partial charge in [0.25, 0.3) is 0 Å². The molecular formula is C14H22N4O4S. The van der Waals surface area contributed by atoms with Crippen molar-refractivity contribution in [3.8, 4) is 0 Å². The Bertz CT molecular complexity index is 574. The summed E-state index contributed by atoms with van der Waals surface area (Å²) in [5.41, 5.74) is 2.25. The monoisotopic (exact) mass is 342 g/mol. The number of ether oxygens (including phenoxy) is 2. The van der Waals surface area contributed by atoms with Gasteiger partial charge in [-0.2, -0.15) is 0 Å². The number of carbonyl (C=O) groups excluding carboxylic acids is 2. The average Bonchev–Trinajstić information content (AvgIpc) is 2.45. The van der Waals surface area contributed by atoms with Crippen molar-refractivity contribution in [1.82, 2.24) is 15.0 Å². The van der Waals surface area contributed by atoms with Gasteiger partial charge in [0.1, 0.15) is 11.2 Å². The van der Waals surface area contributed by atoms with Crippen molar-refractivity contribution < 1.29 is 19.1 Å². The average molecular weight is 342 g/mol. The van der Waals surface area contributed by atoms with Crippen LogP contribution in [0, 0.1) is 0 Å². The van der Waals surface area contributed by atoms with Gasteiger partial charge in [0.2, 0.25) is 0 Å². The van der Waals surface area contributed by atoms with Crippen LogP contribution in [0.2, 0.25) is 0 Å². The van der Waals surface area contributed by atoms with Gasteiger partial charge in [0, 0.05) is 13.2 Å². The summed E-state index contributed by atoms with van der Waals surface area (Å²) in [5, 5.41) is 1.57. The number of rotatable bonds is 5. The maximum Gasteiger partial charge on any atom is 0.428 e. The number of anilines is 1. The van der Waals surface area contributed by atoms with Gasteiger partial charge in [-0.1, -0.05) is 11.8 Å². The van der Waals surface area contributed by atoms with Gasteiger partial charge in [-0.3, -0.25) is 5.43 Å². The molecule has 128 valence electrons. The second kappa shape index (κ2) is 8.00. The third-order valence-corrected chi connectivity index (χ3v) is 2.95. The van der Waals surface area contributed by atoms with E-state index in [9.17, 15) is 9.59 Å². The third kappa shape index (κ3) is 5.93. The van der Waals surface area contributed by atoms with Gasteiger partial charge in [-0.05, 0) is 34.0 Å². The summed E-state index contributed by atoms with van der Waals surface area (Å²) in [4.78, 5) is 32.2. The topological polar surface area (TPSA) is 93.6 Å². The van der Waals surface area contributed by atoms with Gasteiger partial charge in [-0.25, -0.2) is 24.6 Å². The molecule has 0 bridgehead atoms. The lowest BCUT2D eigenvalue weighted by Crippen LogP contribution is -2.38. The number of aromatic nitrogens is 2. The fraction of sp³-hybridized carbons (Fsp3) is 0.571. The highest BCUT2D eigenvalue weighted by molar-refractivity contribution is 7.98. The fourth-order valence-corrected chi connectivity index (χ4v) is 1.78. The largest absolute Gasteiger partial charge is 0.462 e.